The number of unbranched alkanes of at least 4 members (excludes halogenated alkanes) is 36. The first-order chi connectivity index (χ1) is 35.0. The second-order valence-corrected chi connectivity index (χ2v) is 23.9. The summed E-state index contributed by atoms with van der Waals surface area (Å²) < 4.78 is 23.8. The van der Waals surface area contributed by atoms with Crippen molar-refractivity contribution in [3.8, 4) is 0 Å². The molecule has 0 aromatic heterocycles. The van der Waals surface area contributed by atoms with Crippen LogP contribution in [0.15, 0.2) is 48.6 Å². The molecule has 0 saturated heterocycles. The number of nitrogens with zero attached hydrogens (tertiary/aromatic N) is 1. The number of phosphoric acid groups is 1. The normalized spacial score (nSPS) is 14.2. The summed E-state index contributed by atoms with van der Waals surface area (Å²) in [5, 5.41) is 14.0. The van der Waals surface area contributed by atoms with Gasteiger partial charge in [-0.2, -0.15) is 0 Å². The van der Waals surface area contributed by atoms with E-state index in [1.165, 1.54) is 205 Å². The van der Waals surface area contributed by atoms with Crippen LogP contribution in [0.1, 0.15) is 296 Å². The zero-order valence-corrected chi connectivity index (χ0v) is 49.3. The van der Waals surface area contributed by atoms with Gasteiger partial charge in [-0.1, -0.05) is 287 Å². The van der Waals surface area contributed by atoms with E-state index in [1.54, 1.807) is 0 Å². The highest BCUT2D eigenvalue weighted by molar-refractivity contribution is 7.47. The second-order valence-electron chi connectivity index (χ2n) is 22.4. The molecule has 0 spiro atoms. The van der Waals surface area contributed by atoms with Gasteiger partial charge in [0.25, 0.3) is 0 Å². The minimum absolute atomic E-state index is 0.0764. The maximum absolute atomic E-state index is 13.0. The molecular formula is C63H122N2O6P+. The van der Waals surface area contributed by atoms with Crippen molar-refractivity contribution in [1.29, 1.82) is 0 Å². The lowest BCUT2D eigenvalue weighted by atomic mass is 10.0. The number of carbonyl (C=O) groups excluding carboxylic acids is 1. The average Bonchev–Trinajstić information content (AvgIpc) is 3.34. The number of phosphoric ester groups is 1. The van der Waals surface area contributed by atoms with Gasteiger partial charge in [0.15, 0.2) is 0 Å². The largest absolute Gasteiger partial charge is 0.472 e. The molecule has 8 nitrogen and oxygen atoms in total. The van der Waals surface area contributed by atoms with Crippen LogP contribution in [0.3, 0.4) is 0 Å². The number of likely N-dealkylation sites (N-methyl/N-ethyl adjacent to an activating group) is 1. The zero-order chi connectivity index (χ0) is 52.7. The van der Waals surface area contributed by atoms with E-state index in [2.05, 4.69) is 67.8 Å². The van der Waals surface area contributed by atoms with E-state index in [0.29, 0.717) is 23.9 Å². The molecule has 0 aliphatic carbocycles. The SMILES string of the molecule is CC/C=C\C/C=C\C/C=C\C/C=C\CCCCCCCCCCCCCCCCCCCCCCCCCCC(=O)NC(COP(=O)(O)OCC[N+](C)(C)C)C(O)CCCCCCCCCCCCCCC. The number of carbonyl (C=O) groups is 1. The highest BCUT2D eigenvalue weighted by Crippen LogP contribution is 2.43. The summed E-state index contributed by atoms with van der Waals surface area (Å²) >= 11 is 0. The van der Waals surface area contributed by atoms with Crippen LogP contribution in [0.2, 0.25) is 0 Å². The predicted molar refractivity (Wildman–Crippen MR) is 314 cm³/mol. The number of rotatable bonds is 57. The Morgan fingerprint density at radius 1 is 0.486 bits per heavy atom. The molecule has 0 saturated carbocycles. The third-order valence-electron chi connectivity index (χ3n) is 14.1. The number of aliphatic hydroxyl groups is 1. The number of hydrogen-bond donors (Lipinski definition) is 3. The molecule has 0 rings (SSSR count). The molecule has 0 aromatic carbocycles. The van der Waals surface area contributed by atoms with Gasteiger partial charge in [0.05, 0.1) is 39.9 Å². The standard InChI is InChI=1S/C63H121N2O6P/c1-6-8-10-12-14-16-18-20-21-22-23-24-25-26-27-28-29-30-31-32-33-34-35-36-37-38-39-40-41-42-43-45-47-49-51-53-55-57-63(67)64-61(60-71-72(68,69)70-59-58-65(3,4)5)62(66)56-54-52-50-48-46-44-19-17-15-13-11-9-7-2/h8,10,14,16,20-21,23-24,61-62,66H,6-7,9,11-13,15,17-19,22,25-60H2,1-5H3,(H-,64,67,68,69)/p+1/b10-8-,16-14-,21-20-,24-23-. The molecule has 0 bridgehead atoms. The van der Waals surface area contributed by atoms with Gasteiger partial charge >= 0.3 is 7.82 Å². The van der Waals surface area contributed by atoms with Crippen LogP contribution in [0.25, 0.3) is 0 Å². The second kappa shape index (κ2) is 54.3. The Morgan fingerprint density at radius 3 is 1.22 bits per heavy atom. The Bertz CT molecular complexity index is 1310. The van der Waals surface area contributed by atoms with Gasteiger partial charge in [-0.3, -0.25) is 13.8 Å². The van der Waals surface area contributed by atoms with Gasteiger partial charge in [-0.25, -0.2) is 4.57 Å². The van der Waals surface area contributed by atoms with Crippen LogP contribution in [0.5, 0.6) is 0 Å². The number of quaternary nitrogens is 1. The fourth-order valence-corrected chi connectivity index (χ4v) is 10.0. The van der Waals surface area contributed by atoms with Crippen molar-refractivity contribution >= 4 is 13.7 Å². The predicted octanol–water partition coefficient (Wildman–Crippen LogP) is 19.1. The van der Waals surface area contributed by atoms with Crippen molar-refractivity contribution in [2.75, 3.05) is 40.9 Å². The van der Waals surface area contributed by atoms with Crippen molar-refractivity contribution in [1.82, 2.24) is 5.32 Å². The summed E-state index contributed by atoms with van der Waals surface area (Å²) in [6, 6.07) is -0.758. The van der Waals surface area contributed by atoms with Gasteiger partial charge in [-0.15, -0.1) is 0 Å². The lowest BCUT2D eigenvalue weighted by molar-refractivity contribution is -0.870. The lowest BCUT2D eigenvalue weighted by Crippen LogP contribution is -2.46. The third-order valence-corrected chi connectivity index (χ3v) is 15.1. The number of allylic oxidation sites excluding steroid dienone is 8. The number of nitrogens with one attached hydrogen (secondary N) is 1. The van der Waals surface area contributed by atoms with E-state index < -0.39 is 20.0 Å². The summed E-state index contributed by atoms with van der Waals surface area (Å²) in [6.07, 6.45) is 72.0. The molecule has 3 atom stereocenters. The third kappa shape index (κ3) is 56.2. The fourth-order valence-electron chi connectivity index (χ4n) is 9.28. The Labute approximate surface area is 448 Å². The van der Waals surface area contributed by atoms with Crippen LogP contribution in [0, 0.1) is 0 Å². The smallest absolute Gasteiger partial charge is 0.391 e. The van der Waals surface area contributed by atoms with Gasteiger partial charge in [0.2, 0.25) is 5.91 Å². The summed E-state index contributed by atoms with van der Waals surface area (Å²) in [5.74, 6) is -0.140. The molecule has 1 amide bonds. The van der Waals surface area contributed by atoms with Gasteiger partial charge in [0, 0.05) is 6.42 Å². The lowest BCUT2D eigenvalue weighted by Gasteiger charge is -2.26. The summed E-state index contributed by atoms with van der Waals surface area (Å²) in [5.41, 5.74) is 0. The summed E-state index contributed by atoms with van der Waals surface area (Å²) in [6.45, 7) is 4.80. The molecule has 0 aromatic rings. The highest BCUT2D eigenvalue weighted by atomic mass is 31.2. The molecule has 3 N–H and O–H groups in total. The molecule has 72 heavy (non-hydrogen) atoms. The number of amides is 1. The number of hydrogen-bond acceptors (Lipinski definition) is 5. The van der Waals surface area contributed by atoms with Gasteiger partial charge in [0.1, 0.15) is 13.2 Å². The van der Waals surface area contributed by atoms with Crippen molar-refractivity contribution in [2.45, 2.75) is 309 Å². The zero-order valence-electron chi connectivity index (χ0n) is 48.4. The van der Waals surface area contributed by atoms with Crippen molar-refractivity contribution in [3.63, 3.8) is 0 Å². The van der Waals surface area contributed by atoms with Gasteiger partial charge in [-0.05, 0) is 51.4 Å². The molecule has 0 radical (unpaired) electrons. The van der Waals surface area contributed by atoms with Crippen molar-refractivity contribution < 1.29 is 32.9 Å². The van der Waals surface area contributed by atoms with Crippen molar-refractivity contribution in [3.05, 3.63) is 48.6 Å². The van der Waals surface area contributed by atoms with E-state index in [-0.39, 0.29) is 19.1 Å². The van der Waals surface area contributed by atoms with Crippen LogP contribution in [-0.2, 0) is 18.4 Å². The van der Waals surface area contributed by atoms with Gasteiger partial charge < -0.3 is 19.8 Å². The molecule has 0 aliphatic rings. The maximum atomic E-state index is 13.0. The topological polar surface area (TPSA) is 105 Å². The minimum atomic E-state index is -4.32. The molecule has 0 heterocycles. The first-order valence-corrected chi connectivity index (χ1v) is 32.5. The molecule has 3 unspecified atom stereocenters. The Kier molecular flexibility index (Phi) is 53.1. The van der Waals surface area contributed by atoms with Crippen molar-refractivity contribution in [2.24, 2.45) is 0 Å². The highest BCUT2D eigenvalue weighted by Gasteiger charge is 2.28. The van der Waals surface area contributed by atoms with Crippen LogP contribution < -0.4 is 5.32 Å². The summed E-state index contributed by atoms with van der Waals surface area (Å²) in [7, 11) is 1.63. The van der Waals surface area contributed by atoms with E-state index in [4.69, 9.17) is 9.05 Å². The molecular weight excluding hydrogens is 912 g/mol. The minimum Gasteiger partial charge on any atom is -0.391 e. The molecule has 0 aliphatic heterocycles. The first-order valence-electron chi connectivity index (χ1n) is 31.0. The Morgan fingerprint density at radius 2 is 0.833 bits per heavy atom. The average molecular weight is 1030 g/mol. The molecule has 9 heteroatoms. The van der Waals surface area contributed by atoms with E-state index in [1.807, 2.05) is 21.1 Å². The first kappa shape index (κ1) is 70.5. The van der Waals surface area contributed by atoms with Crippen LogP contribution in [-0.4, -0.2) is 73.4 Å². The summed E-state index contributed by atoms with van der Waals surface area (Å²) in [4.78, 5) is 23.3. The van der Waals surface area contributed by atoms with E-state index in [0.717, 1.165) is 64.2 Å². The Balaban J connectivity index is 3.88. The molecule has 424 valence electrons. The Hall–Kier alpha value is -1.54. The van der Waals surface area contributed by atoms with E-state index >= 15 is 0 Å². The van der Waals surface area contributed by atoms with Crippen LogP contribution >= 0.6 is 7.82 Å². The molecule has 0 fully saturated rings. The quantitative estimate of drug-likeness (QED) is 0.0243. The van der Waals surface area contributed by atoms with E-state index in [9.17, 15) is 19.4 Å². The number of aliphatic hydroxyl groups excluding tert-OH is 1. The monoisotopic (exact) mass is 1030 g/mol. The van der Waals surface area contributed by atoms with Crippen LogP contribution in [0.4, 0.5) is 0 Å². The maximum Gasteiger partial charge on any atom is 0.472 e. The fraction of sp³-hybridized carbons (Fsp3) is 0.857.